The minimum Gasteiger partial charge on any atom is -0.302 e. The van der Waals surface area contributed by atoms with Gasteiger partial charge in [-0.05, 0) is 37.9 Å². The van der Waals surface area contributed by atoms with Gasteiger partial charge in [-0.2, -0.15) is 0 Å². The van der Waals surface area contributed by atoms with E-state index < -0.39 is 0 Å². The summed E-state index contributed by atoms with van der Waals surface area (Å²) in [6, 6.07) is 2.88. The van der Waals surface area contributed by atoms with Crippen LogP contribution in [0.2, 0.25) is 0 Å². The molecule has 3 nitrogen and oxygen atoms in total. The monoisotopic (exact) mass is 251 g/mol. The van der Waals surface area contributed by atoms with Crippen molar-refractivity contribution in [3.05, 3.63) is 21.4 Å². The van der Waals surface area contributed by atoms with Gasteiger partial charge in [0.1, 0.15) is 0 Å². The van der Waals surface area contributed by atoms with E-state index in [-0.39, 0.29) is 0 Å². The molecule has 0 aromatic carbocycles. The highest BCUT2D eigenvalue weighted by Crippen LogP contribution is 2.36. The maximum absolute atomic E-state index is 6.13. The van der Waals surface area contributed by atoms with Crippen LogP contribution < -0.4 is 5.84 Å². The number of rotatable bonds is 1. The number of piperidine rings is 1. The zero-order valence-corrected chi connectivity index (χ0v) is 11.3. The second-order valence-electron chi connectivity index (χ2n) is 5.33. The van der Waals surface area contributed by atoms with Gasteiger partial charge >= 0.3 is 0 Å². The Labute approximate surface area is 107 Å². The first kappa shape index (κ1) is 11.7. The molecule has 2 N–H and O–H groups in total. The summed E-state index contributed by atoms with van der Waals surface area (Å²) >= 11 is 2.00. The fourth-order valence-electron chi connectivity index (χ4n) is 2.92. The lowest BCUT2D eigenvalue weighted by Crippen LogP contribution is -2.38. The summed E-state index contributed by atoms with van der Waals surface area (Å²) < 4.78 is 0. The second kappa shape index (κ2) is 4.69. The number of thiophene rings is 1. The molecule has 0 aliphatic carbocycles. The largest absolute Gasteiger partial charge is 0.302 e. The van der Waals surface area contributed by atoms with Crippen molar-refractivity contribution in [3.63, 3.8) is 0 Å². The van der Waals surface area contributed by atoms with Crippen molar-refractivity contribution in [2.24, 2.45) is 5.84 Å². The number of nitrogens with two attached hydrogens (primary N) is 1. The first-order valence-corrected chi connectivity index (χ1v) is 7.37. The third-order valence-corrected chi connectivity index (χ3v) is 5.29. The number of fused-ring (bicyclic) bond motifs is 1. The Hall–Kier alpha value is -0.420. The summed E-state index contributed by atoms with van der Waals surface area (Å²) in [6.07, 6.45) is 5.02. The number of hydrogen-bond acceptors (Lipinski definition) is 4. The highest BCUT2D eigenvalue weighted by Gasteiger charge is 2.25. The molecule has 1 saturated heterocycles. The Morgan fingerprint density at radius 1 is 1.35 bits per heavy atom. The molecule has 0 spiro atoms. The van der Waals surface area contributed by atoms with Gasteiger partial charge in [-0.3, -0.25) is 5.84 Å². The number of hydrazine groups is 1. The molecule has 0 saturated carbocycles. The first-order valence-electron chi connectivity index (χ1n) is 6.55. The fraction of sp³-hybridized carbons (Fsp3) is 0.692. The minimum absolute atomic E-state index is 0.477. The normalized spacial score (nSPS) is 27.1. The van der Waals surface area contributed by atoms with E-state index >= 15 is 0 Å². The van der Waals surface area contributed by atoms with Crippen LogP contribution in [0.1, 0.15) is 40.6 Å². The third-order valence-electron chi connectivity index (χ3n) is 3.95. The molecule has 3 heterocycles. The molecule has 0 radical (unpaired) electrons. The SMILES string of the molecule is CN1CCc2sc(C3CCCCN3N)cc2C1. The molecule has 1 fully saturated rings. The minimum atomic E-state index is 0.477. The summed E-state index contributed by atoms with van der Waals surface area (Å²) in [5.41, 5.74) is 1.54. The van der Waals surface area contributed by atoms with Gasteiger partial charge in [0.25, 0.3) is 0 Å². The van der Waals surface area contributed by atoms with Crippen LogP contribution in [0, 0.1) is 0 Å². The van der Waals surface area contributed by atoms with Gasteiger partial charge in [-0.1, -0.05) is 6.42 Å². The predicted octanol–water partition coefficient (Wildman–Crippen LogP) is 2.14. The van der Waals surface area contributed by atoms with Crippen molar-refractivity contribution < 1.29 is 0 Å². The molecule has 0 bridgehead atoms. The Balaban J connectivity index is 1.84. The summed E-state index contributed by atoms with van der Waals surface area (Å²) in [6.45, 7) is 3.36. The fourth-order valence-corrected chi connectivity index (χ4v) is 4.24. The van der Waals surface area contributed by atoms with Crippen LogP contribution in [0.15, 0.2) is 6.07 Å². The van der Waals surface area contributed by atoms with E-state index in [1.807, 2.05) is 16.3 Å². The highest BCUT2D eigenvalue weighted by molar-refractivity contribution is 7.12. The zero-order chi connectivity index (χ0) is 11.8. The Morgan fingerprint density at radius 2 is 2.24 bits per heavy atom. The lowest BCUT2D eigenvalue weighted by molar-refractivity contribution is 0.154. The van der Waals surface area contributed by atoms with Crippen LogP contribution in [0.25, 0.3) is 0 Å². The Morgan fingerprint density at radius 3 is 3.06 bits per heavy atom. The van der Waals surface area contributed by atoms with E-state index in [4.69, 9.17) is 5.84 Å². The summed E-state index contributed by atoms with van der Waals surface area (Å²) in [7, 11) is 2.20. The topological polar surface area (TPSA) is 32.5 Å². The van der Waals surface area contributed by atoms with Gasteiger partial charge in [0.2, 0.25) is 0 Å². The van der Waals surface area contributed by atoms with E-state index in [0.717, 1.165) is 13.1 Å². The van der Waals surface area contributed by atoms with Crippen molar-refractivity contribution in [2.45, 2.75) is 38.3 Å². The highest BCUT2D eigenvalue weighted by atomic mass is 32.1. The lowest BCUT2D eigenvalue weighted by Gasteiger charge is -2.31. The van der Waals surface area contributed by atoms with Crippen molar-refractivity contribution in [3.8, 4) is 0 Å². The van der Waals surface area contributed by atoms with Crippen LogP contribution >= 0.6 is 11.3 Å². The molecule has 4 heteroatoms. The van der Waals surface area contributed by atoms with E-state index in [1.165, 1.54) is 42.7 Å². The molecule has 94 valence electrons. The number of hydrogen-bond donors (Lipinski definition) is 1. The quantitative estimate of drug-likeness (QED) is 0.776. The molecule has 1 atom stereocenters. The molecule has 3 rings (SSSR count). The van der Waals surface area contributed by atoms with Gasteiger partial charge in [0.05, 0.1) is 6.04 Å². The summed E-state index contributed by atoms with van der Waals surface area (Å²) in [4.78, 5) is 5.49. The van der Waals surface area contributed by atoms with Gasteiger partial charge in [0, 0.05) is 29.4 Å². The van der Waals surface area contributed by atoms with Crippen molar-refractivity contribution in [1.29, 1.82) is 0 Å². The van der Waals surface area contributed by atoms with Crippen LogP contribution in [0.4, 0.5) is 0 Å². The molecular formula is C13H21N3S. The lowest BCUT2D eigenvalue weighted by atomic mass is 10.0. The molecule has 1 aromatic heterocycles. The molecule has 2 aliphatic rings. The smallest absolute Gasteiger partial charge is 0.0584 e. The average molecular weight is 251 g/mol. The van der Waals surface area contributed by atoms with Crippen LogP contribution in [-0.4, -0.2) is 30.0 Å². The van der Waals surface area contributed by atoms with Crippen LogP contribution in [0.5, 0.6) is 0 Å². The molecule has 1 unspecified atom stereocenters. The number of likely N-dealkylation sites (N-methyl/N-ethyl adjacent to an activating group) is 1. The first-order chi connectivity index (χ1) is 8.24. The van der Waals surface area contributed by atoms with E-state index in [2.05, 4.69) is 18.0 Å². The zero-order valence-electron chi connectivity index (χ0n) is 10.5. The maximum Gasteiger partial charge on any atom is 0.0584 e. The maximum atomic E-state index is 6.13. The van der Waals surface area contributed by atoms with E-state index in [1.54, 1.807) is 4.88 Å². The molecule has 1 aromatic rings. The van der Waals surface area contributed by atoms with Crippen molar-refractivity contribution in [2.75, 3.05) is 20.1 Å². The number of nitrogens with zero attached hydrogens (tertiary/aromatic N) is 2. The van der Waals surface area contributed by atoms with Gasteiger partial charge < -0.3 is 4.90 Å². The van der Waals surface area contributed by atoms with Gasteiger partial charge in [-0.15, -0.1) is 11.3 Å². The molecule has 17 heavy (non-hydrogen) atoms. The van der Waals surface area contributed by atoms with Gasteiger partial charge in [-0.25, -0.2) is 5.01 Å². The van der Waals surface area contributed by atoms with Crippen LogP contribution in [-0.2, 0) is 13.0 Å². The van der Waals surface area contributed by atoms with E-state index in [0.29, 0.717) is 6.04 Å². The van der Waals surface area contributed by atoms with Crippen molar-refractivity contribution >= 4 is 11.3 Å². The predicted molar refractivity (Wildman–Crippen MR) is 71.8 cm³/mol. The Bertz CT molecular complexity index is 401. The third kappa shape index (κ3) is 2.27. The van der Waals surface area contributed by atoms with Gasteiger partial charge in [0.15, 0.2) is 0 Å². The molecular weight excluding hydrogens is 230 g/mol. The standard InChI is InChI=1S/C13H21N3S/c1-15-7-5-12-10(9-15)8-13(17-12)11-4-2-3-6-16(11)14/h8,11H,2-7,9,14H2,1H3. The second-order valence-corrected chi connectivity index (χ2v) is 6.50. The Kier molecular flexibility index (Phi) is 3.21. The van der Waals surface area contributed by atoms with Crippen LogP contribution in [0.3, 0.4) is 0 Å². The van der Waals surface area contributed by atoms with E-state index in [9.17, 15) is 0 Å². The average Bonchev–Trinajstić information content (AvgIpc) is 2.72. The molecule has 0 amide bonds. The summed E-state index contributed by atoms with van der Waals surface area (Å²) in [5.74, 6) is 6.13. The molecule has 2 aliphatic heterocycles. The van der Waals surface area contributed by atoms with Crippen molar-refractivity contribution in [1.82, 2.24) is 9.91 Å². The summed E-state index contributed by atoms with van der Waals surface area (Å²) in [5, 5.41) is 2.05.